The monoisotopic (exact) mass is 321 g/mol. The van der Waals surface area contributed by atoms with Gasteiger partial charge >= 0.3 is 0 Å². The maximum absolute atomic E-state index is 4.71. The Labute approximate surface area is 139 Å². The van der Waals surface area contributed by atoms with Crippen LogP contribution in [0.25, 0.3) is 15.7 Å². The summed E-state index contributed by atoms with van der Waals surface area (Å²) in [6.07, 6.45) is 3.05. The van der Waals surface area contributed by atoms with Crippen LogP contribution in [0.4, 0.5) is 5.82 Å². The van der Waals surface area contributed by atoms with Crippen molar-refractivity contribution in [2.75, 3.05) is 12.4 Å². The highest BCUT2D eigenvalue weighted by atomic mass is 32.1. The number of nitrogens with zero attached hydrogens (tertiary/aromatic N) is 2. The molecular weight excluding hydrogens is 302 g/mol. The van der Waals surface area contributed by atoms with Gasteiger partial charge in [-0.1, -0.05) is 18.2 Å². The van der Waals surface area contributed by atoms with Crippen LogP contribution in [-0.2, 0) is 6.42 Å². The van der Waals surface area contributed by atoms with Gasteiger partial charge in [0.15, 0.2) is 0 Å². The van der Waals surface area contributed by atoms with E-state index >= 15 is 0 Å². The van der Waals surface area contributed by atoms with Gasteiger partial charge in [-0.3, -0.25) is 0 Å². The molecular formula is C19H19N3S. The van der Waals surface area contributed by atoms with Gasteiger partial charge in [-0.05, 0) is 53.4 Å². The zero-order valence-corrected chi connectivity index (χ0v) is 14.4. The number of anilines is 1. The molecule has 1 aromatic carbocycles. The predicted molar refractivity (Wildman–Crippen MR) is 98.8 cm³/mol. The molecule has 4 aromatic rings. The van der Waals surface area contributed by atoms with Crippen LogP contribution in [0.2, 0.25) is 0 Å². The summed E-state index contributed by atoms with van der Waals surface area (Å²) in [5, 5.41) is 6.93. The Balaban J connectivity index is 1.90. The van der Waals surface area contributed by atoms with Crippen molar-refractivity contribution in [1.29, 1.82) is 0 Å². The predicted octanol–water partition coefficient (Wildman–Crippen LogP) is 4.80. The molecule has 4 heteroatoms. The van der Waals surface area contributed by atoms with E-state index in [2.05, 4.69) is 65.5 Å². The van der Waals surface area contributed by atoms with E-state index in [0.717, 1.165) is 17.9 Å². The highest BCUT2D eigenvalue weighted by Gasteiger charge is 2.15. The van der Waals surface area contributed by atoms with Crippen molar-refractivity contribution in [3.63, 3.8) is 0 Å². The van der Waals surface area contributed by atoms with Gasteiger partial charge in [-0.2, -0.15) is 0 Å². The molecule has 23 heavy (non-hydrogen) atoms. The summed E-state index contributed by atoms with van der Waals surface area (Å²) in [7, 11) is 1.94. The number of pyridine rings is 1. The van der Waals surface area contributed by atoms with E-state index in [1.54, 1.807) is 0 Å². The van der Waals surface area contributed by atoms with Crippen molar-refractivity contribution in [2.24, 2.45) is 0 Å². The smallest absolute Gasteiger partial charge is 0.148 e. The number of hydrogen-bond acceptors (Lipinski definition) is 3. The number of benzene rings is 1. The van der Waals surface area contributed by atoms with Gasteiger partial charge in [-0.25, -0.2) is 4.98 Å². The summed E-state index contributed by atoms with van der Waals surface area (Å²) in [6, 6.07) is 10.7. The Morgan fingerprint density at radius 2 is 2.04 bits per heavy atom. The first-order valence-corrected chi connectivity index (χ1v) is 8.66. The van der Waals surface area contributed by atoms with E-state index in [1.807, 2.05) is 18.4 Å². The topological polar surface area (TPSA) is 29.3 Å². The first kappa shape index (κ1) is 14.3. The fourth-order valence-corrected chi connectivity index (χ4v) is 4.26. The second-order valence-electron chi connectivity index (χ2n) is 5.98. The summed E-state index contributed by atoms with van der Waals surface area (Å²) < 4.78 is 3.57. The van der Waals surface area contributed by atoms with E-state index in [9.17, 15) is 0 Å². The lowest BCUT2D eigenvalue weighted by Crippen LogP contribution is -1.99. The van der Waals surface area contributed by atoms with E-state index < -0.39 is 0 Å². The molecule has 0 aliphatic carbocycles. The Morgan fingerprint density at radius 3 is 2.87 bits per heavy atom. The van der Waals surface area contributed by atoms with Gasteiger partial charge in [0.25, 0.3) is 0 Å². The highest BCUT2D eigenvalue weighted by Crippen LogP contribution is 2.32. The second kappa shape index (κ2) is 5.39. The SMILES string of the molecule is CNc1nc2ccc(C)cn2c1Cc1csc2cccc(C)c12. The van der Waals surface area contributed by atoms with E-state index in [1.165, 1.54) is 32.5 Å². The fraction of sp³-hybridized carbons (Fsp3) is 0.211. The minimum Gasteiger partial charge on any atom is -0.372 e. The molecule has 4 rings (SSSR count). The van der Waals surface area contributed by atoms with Gasteiger partial charge < -0.3 is 9.72 Å². The van der Waals surface area contributed by atoms with E-state index in [0.29, 0.717) is 0 Å². The normalized spacial score (nSPS) is 11.4. The van der Waals surface area contributed by atoms with Crippen LogP contribution in [0.1, 0.15) is 22.4 Å². The Kier molecular flexibility index (Phi) is 3.34. The molecule has 1 N–H and O–H groups in total. The molecule has 0 spiro atoms. The highest BCUT2D eigenvalue weighted by molar-refractivity contribution is 7.17. The molecule has 0 amide bonds. The zero-order chi connectivity index (χ0) is 16.0. The number of nitrogens with one attached hydrogen (secondary N) is 1. The molecule has 0 radical (unpaired) electrons. The third kappa shape index (κ3) is 2.30. The lowest BCUT2D eigenvalue weighted by atomic mass is 10.0. The van der Waals surface area contributed by atoms with Gasteiger partial charge in [-0.15, -0.1) is 11.3 Å². The largest absolute Gasteiger partial charge is 0.372 e. The van der Waals surface area contributed by atoms with E-state index in [-0.39, 0.29) is 0 Å². The molecule has 0 atom stereocenters. The van der Waals surface area contributed by atoms with Crippen LogP contribution >= 0.6 is 11.3 Å². The summed E-state index contributed by atoms with van der Waals surface area (Å²) in [6.45, 7) is 4.31. The Bertz CT molecular complexity index is 1010. The number of rotatable bonds is 3. The van der Waals surface area contributed by atoms with Crippen molar-refractivity contribution < 1.29 is 0 Å². The number of hydrogen-bond donors (Lipinski definition) is 1. The van der Waals surface area contributed by atoms with Gasteiger partial charge in [0.2, 0.25) is 0 Å². The minimum absolute atomic E-state index is 0.881. The minimum atomic E-state index is 0.881. The number of fused-ring (bicyclic) bond motifs is 2. The van der Waals surface area contributed by atoms with Crippen LogP contribution in [0, 0.1) is 13.8 Å². The molecule has 116 valence electrons. The lowest BCUT2D eigenvalue weighted by Gasteiger charge is -2.06. The average molecular weight is 321 g/mol. The van der Waals surface area contributed by atoms with Crippen LogP contribution in [0.5, 0.6) is 0 Å². The third-order valence-corrected chi connectivity index (χ3v) is 5.34. The van der Waals surface area contributed by atoms with Gasteiger partial charge in [0.05, 0.1) is 5.69 Å². The molecule has 3 nitrogen and oxygen atoms in total. The summed E-state index contributed by atoms with van der Waals surface area (Å²) in [4.78, 5) is 4.71. The molecule has 0 aliphatic rings. The molecule has 0 saturated heterocycles. The van der Waals surface area contributed by atoms with Crippen molar-refractivity contribution in [1.82, 2.24) is 9.38 Å². The summed E-state index contributed by atoms with van der Waals surface area (Å²) in [5.74, 6) is 0.962. The van der Waals surface area contributed by atoms with Crippen molar-refractivity contribution in [3.8, 4) is 0 Å². The fourth-order valence-electron chi connectivity index (χ4n) is 3.22. The van der Waals surface area contributed by atoms with Crippen LogP contribution in [0.3, 0.4) is 0 Å². The number of aryl methyl sites for hydroxylation is 2. The van der Waals surface area contributed by atoms with Crippen molar-refractivity contribution >= 4 is 32.9 Å². The molecule has 0 unspecified atom stereocenters. The maximum Gasteiger partial charge on any atom is 0.148 e. The third-order valence-electron chi connectivity index (χ3n) is 4.34. The Hall–Kier alpha value is -2.33. The van der Waals surface area contributed by atoms with Crippen LogP contribution in [0.15, 0.2) is 41.9 Å². The van der Waals surface area contributed by atoms with Crippen molar-refractivity contribution in [3.05, 3.63) is 64.3 Å². The standard InChI is InChI=1S/C19H19N3S/c1-12-7-8-17-21-19(20-3)15(22(17)10-12)9-14-11-23-16-6-4-5-13(2)18(14)16/h4-8,10-11,20H,9H2,1-3H3. The van der Waals surface area contributed by atoms with Crippen LogP contribution < -0.4 is 5.32 Å². The lowest BCUT2D eigenvalue weighted by molar-refractivity contribution is 1.02. The average Bonchev–Trinajstić information content (AvgIpc) is 3.10. The molecule has 3 aromatic heterocycles. The molecule has 3 heterocycles. The Morgan fingerprint density at radius 1 is 1.17 bits per heavy atom. The first-order chi connectivity index (χ1) is 11.2. The molecule has 0 saturated carbocycles. The maximum atomic E-state index is 4.71. The summed E-state index contributed by atoms with van der Waals surface area (Å²) in [5.41, 5.74) is 6.17. The molecule has 0 bridgehead atoms. The second-order valence-corrected chi connectivity index (χ2v) is 6.89. The quantitative estimate of drug-likeness (QED) is 0.587. The van der Waals surface area contributed by atoms with Gasteiger partial charge in [0, 0.05) is 24.4 Å². The van der Waals surface area contributed by atoms with Gasteiger partial charge in [0.1, 0.15) is 11.5 Å². The number of imidazole rings is 1. The van der Waals surface area contributed by atoms with E-state index in [4.69, 9.17) is 4.98 Å². The van der Waals surface area contributed by atoms with Crippen LogP contribution in [-0.4, -0.2) is 16.4 Å². The van der Waals surface area contributed by atoms with Crippen molar-refractivity contribution in [2.45, 2.75) is 20.3 Å². The number of aromatic nitrogens is 2. The summed E-state index contributed by atoms with van der Waals surface area (Å²) >= 11 is 1.82. The number of thiophene rings is 1. The zero-order valence-electron chi connectivity index (χ0n) is 13.6. The molecule has 0 fully saturated rings. The first-order valence-electron chi connectivity index (χ1n) is 7.78. The molecule has 0 aliphatic heterocycles.